The van der Waals surface area contributed by atoms with E-state index in [-0.39, 0.29) is 6.10 Å². The van der Waals surface area contributed by atoms with Crippen LogP contribution in [0.2, 0.25) is 0 Å². The molecule has 1 atom stereocenters. The maximum atomic E-state index is 11.8. The van der Waals surface area contributed by atoms with Crippen molar-refractivity contribution >= 4 is 15.7 Å². The molecule has 6 heteroatoms. The van der Waals surface area contributed by atoms with Crippen LogP contribution < -0.4 is 14.2 Å². The van der Waals surface area contributed by atoms with Gasteiger partial charge in [-0.1, -0.05) is 42.5 Å². The lowest BCUT2D eigenvalue weighted by atomic mass is 9.85. The third kappa shape index (κ3) is 3.20. The molecular formula is C22H21NO4S. The number of benzene rings is 3. The van der Waals surface area contributed by atoms with Crippen molar-refractivity contribution in [1.82, 2.24) is 0 Å². The van der Waals surface area contributed by atoms with Gasteiger partial charge in [-0.2, -0.15) is 0 Å². The molecule has 0 unspecified atom stereocenters. The van der Waals surface area contributed by atoms with E-state index in [0.29, 0.717) is 11.4 Å². The maximum absolute atomic E-state index is 11.8. The minimum absolute atomic E-state index is 0.350. The summed E-state index contributed by atoms with van der Waals surface area (Å²) in [5.74, 6) is 1.46. The molecule has 144 valence electrons. The summed E-state index contributed by atoms with van der Waals surface area (Å²) in [5, 5.41) is 0. The molecule has 0 saturated carbocycles. The Balaban J connectivity index is 1.99. The van der Waals surface area contributed by atoms with E-state index in [4.69, 9.17) is 9.47 Å². The highest BCUT2D eigenvalue weighted by Crippen LogP contribution is 2.50. The molecule has 1 N–H and O–H groups in total. The van der Waals surface area contributed by atoms with Gasteiger partial charge in [-0.3, -0.25) is 4.72 Å². The lowest BCUT2D eigenvalue weighted by Crippen LogP contribution is -2.19. The number of hydrogen-bond acceptors (Lipinski definition) is 4. The van der Waals surface area contributed by atoms with Gasteiger partial charge in [0.1, 0.15) is 17.6 Å². The van der Waals surface area contributed by atoms with E-state index in [2.05, 4.69) is 4.72 Å². The zero-order valence-corrected chi connectivity index (χ0v) is 16.7. The quantitative estimate of drug-likeness (QED) is 0.705. The summed E-state index contributed by atoms with van der Waals surface area (Å²) < 4.78 is 38.2. The SMILES string of the molecule is COc1cccc2c1-c1ccc(NS(C)(=O)=O)c(C)c1[C@@H](c1ccccc1)O2. The number of hydrogen-bond donors (Lipinski definition) is 1. The molecule has 3 aromatic rings. The predicted molar refractivity (Wildman–Crippen MR) is 111 cm³/mol. The number of ether oxygens (including phenoxy) is 2. The van der Waals surface area contributed by atoms with Crippen molar-refractivity contribution < 1.29 is 17.9 Å². The van der Waals surface area contributed by atoms with Gasteiger partial charge in [0, 0.05) is 5.56 Å². The van der Waals surface area contributed by atoms with E-state index in [1.165, 1.54) is 0 Å². The Morgan fingerprint density at radius 2 is 1.75 bits per heavy atom. The van der Waals surface area contributed by atoms with Crippen molar-refractivity contribution in [2.24, 2.45) is 0 Å². The zero-order chi connectivity index (χ0) is 19.9. The van der Waals surface area contributed by atoms with Crippen LogP contribution in [0.15, 0.2) is 60.7 Å². The van der Waals surface area contributed by atoms with Crippen molar-refractivity contribution in [1.29, 1.82) is 0 Å². The third-order valence-corrected chi connectivity index (χ3v) is 5.49. The highest BCUT2D eigenvalue weighted by atomic mass is 32.2. The number of fused-ring (bicyclic) bond motifs is 3. The van der Waals surface area contributed by atoms with E-state index >= 15 is 0 Å². The number of nitrogens with one attached hydrogen (secondary N) is 1. The van der Waals surface area contributed by atoms with Crippen molar-refractivity contribution in [2.75, 3.05) is 18.1 Å². The molecule has 1 heterocycles. The van der Waals surface area contributed by atoms with Crippen LogP contribution in [0.4, 0.5) is 5.69 Å². The van der Waals surface area contributed by atoms with Crippen LogP contribution in [0, 0.1) is 6.92 Å². The summed E-state index contributed by atoms with van der Waals surface area (Å²) in [6.07, 6.45) is 0.798. The first kappa shape index (κ1) is 18.4. The van der Waals surface area contributed by atoms with Gasteiger partial charge in [0.15, 0.2) is 0 Å². The van der Waals surface area contributed by atoms with Gasteiger partial charge < -0.3 is 9.47 Å². The van der Waals surface area contributed by atoms with Crippen LogP contribution in [0.25, 0.3) is 11.1 Å². The zero-order valence-electron chi connectivity index (χ0n) is 15.9. The van der Waals surface area contributed by atoms with Crippen LogP contribution in [-0.2, 0) is 10.0 Å². The summed E-state index contributed by atoms with van der Waals surface area (Å²) in [6.45, 7) is 1.91. The van der Waals surface area contributed by atoms with E-state index in [0.717, 1.165) is 39.8 Å². The van der Waals surface area contributed by atoms with Crippen LogP contribution in [0.1, 0.15) is 22.8 Å². The fraction of sp³-hybridized carbons (Fsp3) is 0.182. The summed E-state index contributed by atoms with van der Waals surface area (Å²) in [5.41, 5.74) is 5.15. The van der Waals surface area contributed by atoms with Crippen LogP contribution in [-0.4, -0.2) is 21.8 Å². The average Bonchev–Trinajstić information content (AvgIpc) is 2.68. The fourth-order valence-corrected chi connectivity index (χ4v) is 4.31. The number of methoxy groups -OCH3 is 1. The molecule has 0 amide bonds. The monoisotopic (exact) mass is 395 g/mol. The Kier molecular flexibility index (Phi) is 4.51. The molecule has 4 rings (SSSR count). The third-order valence-electron chi connectivity index (χ3n) is 4.90. The molecule has 0 bridgehead atoms. The lowest BCUT2D eigenvalue weighted by molar-refractivity contribution is 0.241. The largest absolute Gasteiger partial charge is 0.496 e. The van der Waals surface area contributed by atoms with Crippen molar-refractivity contribution in [2.45, 2.75) is 13.0 Å². The minimum Gasteiger partial charge on any atom is -0.496 e. The highest BCUT2D eigenvalue weighted by Gasteiger charge is 2.32. The number of anilines is 1. The summed E-state index contributed by atoms with van der Waals surface area (Å²) >= 11 is 0. The van der Waals surface area contributed by atoms with Gasteiger partial charge in [0.2, 0.25) is 10.0 Å². The Labute approximate surface area is 165 Å². The van der Waals surface area contributed by atoms with Crippen molar-refractivity contribution in [3.8, 4) is 22.6 Å². The molecular weight excluding hydrogens is 374 g/mol. The first-order chi connectivity index (χ1) is 13.4. The van der Waals surface area contributed by atoms with Gasteiger partial charge in [-0.25, -0.2) is 8.42 Å². The normalized spacial score (nSPS) is 15.2. The Morgan fingerprint density at radius 1 is 1.00 bits per heavy atom. The fourth-order valence-electron chi connectivity index (χ4n) is 3.69. The molecule has 0 aliphatic carbocycles. The van der Waals surface area contributed by atoms with E-state index < -0.39 is 10.0 Å². The van der Waals surface area contributed by atoms with E-state index in [9.17, 15) is 8.42 Å². The molecule has 0 spiro atoms. The van der Waals surface area contributed by atoms with E-state index in [1.807, 2.05) is 61.5 Å². The standard InChI is InChI=1S/C22H21NO4S/c1-14-17(23-28(3,24)25)13-12-16-20(14)22(15-8-5-4-6-9-15)27-19-11-7-10-18(26-2)21(16)19/h4-13,22-23H,1-3H3/t22-/m1/s1. The molecule has 1 aliphatic rings. The second-order valence-electron chi connectivity index (χ2n) is 6.82. The Hall–Kier alpha value is -2.99. The first-order valence-electron chi connectivity index (χ1n) is 8.89. The van der Waals surface area contributed by atoms with Crippen LogP contribution in [0.5, 0.6) is 11.5 Å². The molecule has 3 aromatic carbocycles. The summed E-state index contributed by atoms with van der Waals surface area (Å²) in [6, 6.07) is 19.3. The molecule has 0 aromatic heterocycles. The summed E-state index contributed by atoms with van der Waals surface area (Å²) in [4.78, 5) is 0. The highest BCUT2D eigenvalue weighted by molar-refractivity contribution is 7.92. The summed E-state index contributed by atoms with van der Waals surface area (Å²) in [7, 11) is -1.77. The molecule has 1 aliphatic heterocycles. The van der Waals surface area contributed by atoms with Gasteiger partial charge in [-0.05, 0) is 41.8 Å². The lowest BCUT2D eigenvalue weighted by Gasteiger charge is -2.32. The predicted octanol–water partition coefficient (Wildman–Crippen LogP) is 4.52. The second kappa shape index (κ2) is 6.87. The molecule has 0 saturated heterocycles. The van der Waals surface area contributed by atoms with Gasteiger partial charge >= 0.3 is 0 Å². The topological polar surface area (TPSA) is 64.6 Å². The van der Waals surface area contributed by atoms with Gasteiger partial charge in [-0.15, -0.1) is 0 Å². The smallest absolute Gasteiger partial charge is 0.229 e. The van der Waals surface area contributed by atoms with Crippen LogP contribution >= 0.6 is 0 Å². The minimum atomic E-state index is -3.40. The Morgan fingerprint density at radius 3 is 2.43 bits per heavy atom. The molecule has 0 radical (unpaired) electrons. The molecule has 5 nitrogen and oxygen atoms in total. The molecule has 28 heavy (non-hydrogen) atoms. The Bertz CT molecular complexity index is 1140. The number of sulfonamides is 1. The number of rotatable bonds is 4. The van der Waals surface area contributed by atoms with Crippen LogP contribution in [0.3, 0.4) is 0 Å². The van der Waals surface area contributed by atoms with Gasteiger partial charge in [0.05, 0.1) is 24.6 Å². The van der Waals surface area contributed by atoms with Crippen molar-refractivity contribution in [3.63, 3.8) is 0 Å². The average molecular weight is 395 g/mol. The first-order valence-corrected chi connectivity index (χ1v) is 10.8. The molecule has 0 fully saturated rings. The second-order valence-corrected chi connectivity index (χ2v) is 8.56. The van der Waals surface area contributed by atoms with E-state index in [1.54, 1.807) is 13.2 Å². The van der Waals surface area contributed by atoms with Gasteiger partial charge in [0.25, 0.3) is 0 Å². The van der Waals surface area contributed by atoms with Crippen molar-refractivity contribution in [3.05, 3.63) is 77.4 Å². The maximum Gasteiger partial charge on any atom is 0.229 e.